The number of benzene rings is 1. The predicted octanol–water partition coefficient (Wildman–Crippen LogP) is 2.91. The Hall–Kier alpha value is -2.61. The van der Waals surface area contributed by atoms with Crippen LogP contribution in [-0.2, 0) is 11.8 Å². The molecule has 0 unspecified atom stereocenters. The van der Waals surface area contributed by atoms with Crippen LogP contribution in [0.4, 0.5) is 5.69 Å². The van der Waals surface area contributed by atoms with Crippen LogP contribution in [-0.4, -0.2) is 51.4 Å². The second-order valence-corrected chi connectivity index (χ2v) is 8.60. The van der Waals surface area contributed by atoms with Gasteiger partial charge in [-0.3, -0.25) is 14.3 Å². The van der Waals surface area contributed by atoms with E-state index in [1.165, 1.54) is 17.5 Å². The maximum Gasteiger partial charge on any atom is 0.345 e. The van der Waals surface area contributed by atoms with Crippen LogP contribution in [0.2, 0.25) is 0 Å². The summed E-state index contributed by atoms with van der Waals surface area (Å²) >= 11 is 0. The fourth-order valence-electron chi connectivity index (χ4n) is 4.88. The minimum Gasteiger partial charge on any atom is -0.492 e. The van der Waals surface area contributed by atoms with Gasteiger partial charge in [-0.1, -0.05) is 25.0 Å². The van der Waals surface area contributed by atoms with Gasteiger partial charge in [0.05, 0.1) is 18.8 Å². The normalized spacial score (nSPS) is 18.4. The van der Waals surface area contributed by atoms with Crippen LogP contribution < -0.4 is 15.7 Å². The van der Waals surface area contributed by atoms with Gasteiger partial charge in [0.2, 0.25) is 5.91 Å². The molecule has 0 atom stereocenters. The van der Waals surface area contributed by atoms with Gasteiger partial charge in [0.15, 0.2) is 0 Å². The van der Waals surface area contributed by atoms with E-state index in [4.69, 9.17) is 4.74 Å². The number of hydrogen-bond acceptors (Lipinski definition) is 5. The lowest BCUT2D eigenvalue weighted by Crippen LogP contribution is -2.39. The Balaban J connectivity index is 1.35. The number of para-hydroxylation sites is 2. The highest BCUT2D eigenvalue weighted by Gasteiger charge is 2.30. The van der Waals surface area contributed by atoms with E-state index >= 15 is 0 Å². The lowest BCUT2D eigenvalue weighted by atomic mass is 9.95. The molecule has 1 aromatic heterocycles. The van der Waals surface area contributed by atoms with Crippen molar-refractivity contribution < 1.29 is 9.53 Å². The molecule has 1 saturated carbocycles. The van der Waals surface area contributed by atoms with Crippen molar-refractivity contribution >= 4 is 11.6 Å². The van der Waals surface area contributed by atoms with Gasteiger partial charge in [0, 0.05) is 19.0 Å². The van der Waals surface area contributed by atoms with E-state index in [1.54, 1.807) is 7.05 Å². The molecule has 0 bridgehead atoms. The molecule has 1 amide bonds. The third-order valence-electron chi connectivity index (χ3n) is 6.45. The number of rotatable bonds is 7. The summed E-state index contributed by atoms with van der Waals surface area (Å²) in [5.41, 5.74) is 0.718. The van der Waals surface area contributed by atoms with E-state index in [2.05, 4.69) is 15.3 Å². The summed E-state index contributed by atoms with van der Waals surface area (Å²) in [6.45, 7) is 4.47. The second-order valence-electron chi connectivity index (χ2n) is 8.60. The number of aromatic nitrogens is 3. The monoisotopic (exact) mass is 427 g/mol. The summed E-state index contributed by atoms with van der Waals surface area (Å²) in [5, 5.41) is 7.58. The zero-order chi connectivity index (χ0) is 21.8. The van der Waals surface area contributed by atoms with Crippen molar-refractivity contribution in [2.24, 2.45) is 7.05 Å². The minimum absolute atomic E-state index is 0.0108. The number of hydrogen-bond donors (Lipinski definition) is 1. The summed E-state index contributed by atoms with van der Waals surface area (Å²) in [5.74, 6) is 1.87. The molecule has 2 aromatic rings. The Morgan fingerprint density at radius 3 is 2.58 bits per heavy atom. The summed E-state index contributed by atoms with van der Waals surface area (Å²) < 4.78 is 9.04. The van der Waals surface area contributed by atoms with Gasteiger partial charge < -0.3 is 10.1 Å². The number of carbonyl (C=O) groups excluding carboxylic acids is 1. The molecule has 2 heterocycles. The Labute approximate surface area is 183 Å². The minimum atomic E-state index is -0.0358. The topological polar surface area (TPSA) is 81.4 Å². The zero-order valence-corrected chi connectivity index (χ0v) is 18.5. The van der Waals surface area contributed by atoms with Crippen molar-refractivity contribution in [2.45, 2.75) is 57.4 Å². The molecule has 168 valence electrons. The average molecular weight is 428 g/mol. The van der Waals surface area contributed by atoms with Crippen LogP contribution >= 0.6 is 0 Å². The molecule has 31 heavy (non-hydrogen) atoms. The van der Waals surface area contributed by atoms with E-state index in [0.717, 1.165) is 44.6 Å². The fourth-order valence-corrected chi connectivity index (χ4v) is 4.88. The van der Waals surface area contributed by atoms with E-state index < -0.39 is 0 Å². The highest BCUT2D eigenvalue weighted by Crippen LogP contribution is 2.33. The molecule has 8 nitrogen and oxygen atoms in total. The summed E-state index contributed by atoms with van der Waals surface area (Å²) in [4.78, 5) is 27.4. The van der Waals surface area contributed by atoms with Crippen LogP contribution in [0.25, 0.3) is 0 Å². The van der Waals surface area contributed by atoms with Crippen LogP contribution in [0, 0.1) is 0 Å². The van der Waals surface area contributed by atoms with Crippen molar-refractivity contribution in [1.29, 1.82) is 0 Å². The number of nitrogens with zero attached hydrogens (tertiary/aromatic N) is 4. The van der Waals surface area contributed by atoms with Crippen molar-refractivity contribution in [3.63, 3.8) is 0 Å². The van der Waals surface area contributed by atoms with Crippen molar-refractivity contribution in [2.75, 3.05) is 31.6 Å². The summed E-state index contributed by atoms with van der Waals surface area (Å²) in [7, 11) is 1.75. The second kappa shape index (κ2) is 9.68. The Morgan fingerprint density at radius 2 is 1.87 bits per heavy atom. The first-order valence-electron chi connectivity index (χ1n) is 11.5. The number of piperidine rings is 1. The van der Waals surface area contributed by atoms with E-state index in [0.29, 0.717) is 30.6 Å². The van der Waals surface area contributed by atoms with E-state index in [9.17, 15) is 9.59 Å². The Bertz CT molecular complexity index is 952. The predicted molar refractivity (Wildman–Crippen MR) is 120 cm³/mol. The van der Waals surface area contributed by atoms with E-state index in [1.807, 2.05) is 35.8 Å². The first kappa shape index (κ1) is 21.6. The van der Waals surface area contributed by atoms with Gasteiger partial charge in [-0.25, -0.2) is 9.48 Å². The molecule has 0 radical (unpaired) electrons. The van der Waals surface area contributed by atoms with Crippen molar-refractivity contribution in [3.8, 4) is 5.75 Å². The molecule has 0 spiro atoms. The van der Waals surface area contributed by atoms with Crippen LogP contribution in [0.1, 0.15) is 63.2 Å². The Kier molecular flexibility index (Phi) is 6.75. The number of amides is 1. The zero-order valence-electron chi connectivity index (χ0n) is 18.5. The van der Waals surface area contributed by atoms with Gasteiger partial charge in [-0.05, 0) is 57.8 Å². The standard InChI is InChI=1S/C23H33N5O3/c1-3-31-20-11-7-6-10-19(20)24-21(29)16-27-14-12-17(13-15-27)22-25-26(2)23(30)28(22)18-8-4-5-9-18/h6-7,10-11,17-18H,3-5,8-9,12-16H2,1-2H3,(H,24,29). The number of nitrogens with one attached hydrogen (secondary N) is 1. The smallest absolute Gasteiger partial charge is 0.345 e. The van der Waals surface area contributed by atoms with Gasteiger partial charge in [-0.15, -0.1) is 0 Å². The molecule has 4 rings (SSSR count). The third-order valence-corrected chi connectivity index (χ3v) is 6.45. The average Bonchev–Trinajstić information content (AvgIpc) is 3.39. The Morgan fingerprint density at radius 1 is 1.16 bits per heavy atom. The highest BCUT2D eigenvalue weighted by atomic mass is 16.5. The van der Waals surface area contributed by atoms with E-state index in [-0.39, 0.29) is 17.5 Å². The van der Waals surface area contributed by atoms with Gasteiger partial charge in [0.25, 0.3) is 0 Å². The first-order chi connectivity index (χ1) is 15.1. The quantitative estimate of drug-likeness (QED) is 0.735. The lowest BCUT2D eigenvalue weighted by Gasteiger charge is -2.31. The lowest BCUT2D eigenvalue weighted by molar-refractivity contribution is -0.117. The molecule has 1 saturated heterocycles. The molecule has 1 N–H and O–H groups in total. The maximum absolute atomic E-state index is 12.7. The molecule has 1 aliphatic heterocycles. The molecule has 8 heteroatoms. The van der Waals surface area contributed by atoms with Crippen LogP contribution in [0.5, 0.6) is 5.75 Å². The highest BCUT2D eigenvalue weighted by molar-refractivity contribution is 5.93. The van der Waals surface area contributed by atoms with Gasteiger partial charge in [-0.2, -0.15) is 5.10 Å². The molecular weight excluding hydrogens is 394 g/mol. The summed E-state index contributed by atoms with van der Waals surface area (Å²) in [6.07, 6.45) is 6.33. The van der Waals surface area contributed by atoms with Gasteiger partial charge in [0.1, 0.15) is 11.6 Å². The molecule has 2 aliphatic rings. The van der Waals surface area contributed by atoms with Crippen molar-refractivity contribution in [3.05, 3.63) is 40.6 Å². The molecular formula is C23H33N5O3. The number of anilines is 1. The number of likely N-dealkylation sites (tertiary alicyclic amines) is 1. The summed E-state index contributed by atoms with van der Waals surface area (Å²) in [6, 6.07) is 7.80. The fraction of sp³-hybridized carbons (Fsp3) is 0.609. The van der Waals surface area contributed by atoms with Crippen LogP contribution in [0.15, 0.2) is 29.1 Å². The number of ether oxygens (including phenoxy) is 1. The van der Waals surface area contributed by atoms with Gasteiger partial charge >= 0.3 is 5.69 Å². The molecule has 1 aliphatic carbocycles. The SMILES string of the molecule is CCOc1ccccc1NC(=O)CN1CCC(c2nn(C)c(=O)n2C2CCCC2)CC1. The first-order valence-corrected chi connectivity index (χ1v) is 11.5. The van der Waals surface area contributed by atoms with Crippen LogP contribution in [0.3, 0.4) is 0 Å². The largest absolute Gasteiger partial charge is 0.492 e. The molecule has 2 fully saturated rings. The molecule has 1 aromatic carbocycles. The maximum atomic E-state index is 12.7. The number of carbonyl (C=O) groups is 1. The van der Waals surface area contributed by atoms with Crippen molar-refractivity contribution in [1.82, 2.24) is 19.2 Å². The number of aryl methyl sites for hydroxylation is 1. The third kappa shape index (κ3) is 4.84.